The molecule has 0 fully saturated rings. The zero-order valence-electron chi connectivity index (χ0n) is 14.7. The Bertz CT molecular complexity index is 699. The summed E-state index contributed by atoms with van der Waals surface area (Å²) in [5.41, 5.74) is 3.31. The van der Waals surface area contributed by atoms with Crippen LogP contribution < -0.4 is 16.1 Å². The molecule has 0 bridgehead atoms. The van der Waals surface area contributed by atoms with Crippen molar-refractivity contribution in [3.63, 3.8) is 0 Å². The Hall–Kier alpha value is -1.89. The summed E-state index contributed by atoms with van der Waals surface area (Å²) in [6.45, 7) is 13.8. The summed E-state index contributed by atoms with van der Waals surface area (Å²) in [4.78, 5) is 14.4. The SMILES string of the molecule is C=c1occc1=C1NN=C(SCC(=O)N(CC(C)C)CC(C)C)O1. The Morgan fingerprint density at radius 3 is 2.54 bits per heavy atom. The quantitative estimate of drug-likeness (QED) is 0.842. The number of carbonyl (C=O) groups is 1. The Kier molecular flexibility index (Phi) is 6.36. The van der Waals surface area contributed by atoms with E-state index in [-0.39, 0.29) is 5.91 Å². The van der Waals surface area contributed by atoms with Crippen molar-refractivity contribution >= 4 is 35.4 Å². The van der Waals surface area contributed by atoms with E-state index in [1.54, 1.807) is 12.3 Å². The van der Waals surface area contributed by atoms with Crippen LogP contribution in [0.15, 0.2) is 21.8 Å². The fourth-order valence-corrected chi connectivity index (χ4v) is 3.01. The molecule has 0 aliphatic carbocycles. The summed E-state index contributed by atoms with van der Waals surface area (Å²) >= 11 is 1.28. The van der Waals surface area contributed by atoms with E-state index in [0.717, 1.165) is 18.3 Å². The molecule has 6 nitrogen and oxygen atoms in total. The monoisotopic (exact) mass is 351 g/mol. The van der Waals surface area contributed by atoms with Gasteiger partial charge in [-0.3, -0.25) is 4.79 Å². The first kappa shape index (κ1) is 18.4. The van der Waals surface area contributed by atoms with Crippen molar-refractivity contribution in [1.82, 2.24) is 10.3 Å². The summed E-state index contributed by atoms with van der Waals surface area (Å²) in [5, 5.41) is 5.25. The third-order valence-electron chi connectivity index (χ3n) is 3.27. The molecule has 2 rings (SSSR count). The molecule has 1 aromatic heterocycles. The second kappa shape index (κ2) is 8.28. The molecule has 1 aliphatic heterocycles. The molecule has 0 atom stereocenters. The van der Waals surface area contributed by atoms with Crippen molar-refractivity contribution < 1.29 is 13.9 Å². The van der Waals surface area contributed by atoms with Crippen LogP contribution in [-0.2, 0) is 9.53 Å². The molecule has 0 saturated heterocycles. The number of rotatable bonds is 6. The highest BCUT2D eigenvalue weighted by Gasteiger charge is 2.20. The number of thioether (sulfide) groups is 1. The van der Waals surface area contributed by atoms with E-state index < -0.39 is 0 Å². The normalized spacial score (nSPS) is 16.2. The van der Waals surface area contributed by atoms with Gasteiger partial charge in [-0.15, -0.1) is 5.10 Å². The minimum absolute atomic E-state index is 0.100. The molecule has 1 amide bonds. The van der Waals surface area contributed by atoms with Crippen molar-refractivity contribution in [2.45, 2.75) is 27.7 Å². The molecule has 24 heavy (non-hydrogen) atoms. The van der Waals surface area contributed by atoms with Crippen LogP contribution in [0.2, 0.25) is 0 Å². The molecule has 1 aromatic rings. The van der Waals surface area contributed by atoms with Gasteiger partial charge < -0.3 is 14.1 Å². The summed E-state index contributed by atoms with van der Waals surface area (Å²) in [7, 11) is 0. The number of furan rings is 1. The van der Waals surface area contributed by atoms with Crippen molar-refractivity contribution in [3.8, 4) is 0 Å². The minimum atomic E-state index is 0.100. The maximum atomic E-state index is 12.5. The van der Waals surface area contributed by atoms with Crippen LogP contribution in [0.5, 0.6) is 0 Å². The zero-order valence-corrected chi connectivity index (χ0v) is 15.5. The van der Waals surface area contributed by atoms with Crippen molar-refractivity contribution in [2.75, 3.05) is 18.8 Å². The van der Waals surface area contributed by atoms with Crippen molar-refractivity contribution in [2.24, 2.45) is 16.9 Å². The van der Waals surface area contributed by atoms with E-state index in [4.69, 9.17) is 9.15 Å². The Morgan fingerprint density at radius 2 is 2.00 bits per heavy atom. The van der Waals surface area contributed by atoms with Crippen LogP contribution >= 0.6 is 11.8 Å². The van der Waals surface area contributed by atoms with Crippen LogP contribution in [0.4, 0.5) is 0 Å². The second-order valence-corrected chi connectivity index (χ2v) is 7.48. The van der Waals surface area contributed by atoms with Gasteiger partial charge in [-0.25, -0.2) is 5.43 Å². The molecule has 0 radical (unpaired) electrons. The van der Waals surface area contributed by atoms with Gasteiger partial charge in [0.2, 0.25) is 11.8 Å². The average molecular weight is 351 g/mol. The van der Waals surface area contributed by atoms with Crippen LogP contribution in [-0.4, -0.2) is 34.9 Å². The highest BCUT2D eigenvalue weighted by atomic mass is 32.2. The smallest absolute Gasteiger partial charge is 0.275 e. The third-order valence-corrected chi connectivity index (χ3v) is 4.08. The maximum absolute atomic E-state index is 12.5. The number of hydrazone groups is 1. The van der Waals surface area contributed by atoms with Crippen molar-refractivity contribution in [3.05, 3.63) is 23.0 Å². The predicted octanol–water partition coefficient (Wildman–Crippen LogP) is 1.52. The lowest BCUT2D eigenvalue weighted by molar-refractivity contribution is -0.129. The van der Waals surface area contributed by atoms with Gasteiger partial charge in [0.15, 0.2) is 0 Å². The van der Waals surface area contributed by atoms with Gasteiger partial charge in [0, 0.05) is 13.1 Å². The number of amides is 1. The molecule has 7 heteroatoms. The minimum Gasteiger partial charge on any atom is -0.465 e. The molecule has 2 heterocycles. The van der Waals surface area contributed by atoms with E-state index in [0.29, 0.717) is 34.1 Å². The van der Waals surface area contributed by atoms with Gasteiger partial charge in [-0.2, -0.15) is 0 Å². The van der Waals surface area contributed by atoms with E-state index in [9.17, 15) is 4.79 Å². The van der Waals surface area contributed by atoms with Gasteiger partial charge in [-0.1, -0.05) is 46.0 Å². The number of nitrogens with zero attached hydrogens (tertiary/aromatic N) is 2. The first-order valence-electron chi connectivity index (χ1n) is 8.05. The maximum Gasteiger partial charge on any atom is 0.275 e. The average Bonchev–Trinajstić information content (AvgIpc) is 3.11. The first-order chi connectivity index (χ1) is 11.4. The largest absolute Gasteiger partial charge is 0.465 e. The number of hydrogen-bond donors (Lipinski definition) is 1. The van der Waals surface area contributed by atoms with Gasteiger partial charge in [0.1, 0.15) is 5.42 Å². The molecular formula is C17H25N3O3S. The van der Waals surface area contributed by atoms with E-state index in [1.165, 1.54) is 11.8 Å². The van der Waals surface area contributed by atoms with Crippen LogP contribution in [0.25, 0.3) is 12.5 Å². The molecule has 0 aromatic carbocycles. The number of ether oxygens (including phenoxy) is 1. The lowest BCUT2D eigenvalue weighted by Crippen LogP contribution is -2.38. The molecule has 132 valence electrons. The van der Waals surface area contributed by atoms with Gasteiger partial charge >= 0.3 is 0 Å². The fraction of sp³-hybridized carbons (Fsp3) is 0.529. The fourth-order valence-electron chi connectivity index (χ4n) is 2.32. The standard InChI is InChI=1S/C17H25N3O3S/c1-11(2)8-20(9-12(3)4)15(21)10-24-17-19-18-16(23-17)14-6-7-22-13(14)5/h6-7,11-12,18H,5,8-10H2,1-4H3. The van der Waals surface area contributed by atoms with E-state index in [2.05, 4.69) is 44.8 Å². The van der Waals surface area contributed by atoms with Crippen LogP contribution in [0.3, 0.4) is 0 Å². The summed E-state index contributed by atoms with van der Waals surface area (Å²) < 4.78 is 10.8. The van der Waals surface area contributed by atoms with Crippen LogP contribution in [0, 0.1) is 11.8 Å². The predicted molar refractivity (Wildman–Crippen MR) is 97.3 cm³/mol. The summed E-state index contributed by atoms with van der Waals surface area (Å²) in [6, 6.07) is 1.76. The molecular weight excluding hydrogens is 326 g/mol. The Labute approximate surface area is 146 Å². The molecule has 1 aliphatic rings. The zero-order chi connectivity index (χ0) is 17.7. The topological polar surface area (TPSA) is 67.1 Å². The summed E-state index contributed by atoms with van der Waals surface area (Å²) in [5.74, 6) is 1.76. The third kappa shape index (κ3) is 5.06. The van der Waals surface area contributed by atoms with Gasteiger partial charge in [0.05, 0.1) is 17.2 Å². The van der Waals surface area contributed by atoms with Gasteiger partial charge in [0.25, 0.3) is 5.23 Å². The molecule has 0 unspecified atom stereocenters. The van der Waals surface area contributed by atoms with E-state index >= 15 is 0 Å². The highest BCUT2D eigenvalue weighted by Crippen LogP contribution is 2.15. The van der Waals surface area contributed by atoms with Gasteiger partial charge in [-0.05, 0) is 17.9 Å². The Morgan fingerprint density at radius 1 is 1.33 bits per heavy atom. The Balaban J connectivity index is 1.92. The lowest BCUT2D eigenvalue weighted by Gasteiger charge is -2.26. The molecule has 1 N–H and O–H groups in total. The second-order valence-electron chi connectivity index (χ2n) is 6.55. The molecule has 0 spiro atoms. The lowest BCUT2D eigenvalue weighted by atomic mass is 10.1. The summed E-state index contributed by atoms with van der Waals surface area (Å²) in [6.07, 6.45) is 1.54. The van der Waals surface area contributed by atoms with Crippen LogP contribution in [0.1, 0.15) is 27.7 Å². The number of hydrogen-bond acceptors (Lipinski definition) is 6. The van der Waals surface area contributed by atoms with Crippen molar-refractivity contribution in [1.29, 1.82) is 0 Å². The molecule has 0 saturated carbocycles. The number of nitrogens with one attached hydrogen (secondary N) is 1. The van der Waals surface area contributed by atoms with E-state index in [1.807, 2.05) is 4.90 Å². The highest BCUT2D eigenvalue weighted by molar-refractivity contribution is 8.14. The first-order valence-corrected chi connectivity index (χ1v) is 9.04. The number of carbonyl (C=O) groups excluding carboxylic acids is 1.